The second kappa shape index (κ2) is 4.75. The molecule has 0 saturated heterocycles. The molecule has 13 heavy (non-hydrogen) atoms. The van der Waals surface area contributed by atoms with Gasteiger partial charge in [-0.3, -0.25) is 9.78 Å². The molecular weight excluding hydrogens is 162 g/mol. The molecule has 0 atom stereocenters. The molecule has 0 aromatic carbocycles. The van der Waals surface area contributed by atoms with Crippen molar-refractivity contribution in [2.24, 2.45) is 0 Å². The molecule has 0 amide bonds. The third-order valence-electron chi connectivity index (χ3n) is 2.09. The molecule has 70 valence electrons. The zero-order chi connectivity index (χ0) is 9.68. The van der Waals surface area contributed by atoms with Gasteiger partial charge < -0.3 is 0 Å². The second-order valence-corrected chi connectivity index (χ2v) is 3.19. The van der Waals surface area contributed by atoms with Crippen molar-refractivity contribution < 1.29 is 4.79 Å². The summed E-state index contributed by atoms with van der Waals surface area (Å²) in [6.45, 7) is 3.74. The van der Waals surface area contributed by atoms with Crippen molar-refractivity contribution in [3.63, 3.8) is 0 Å². The van der Waals surface area contributed by atoms with Crippen LogP contribution in [0, 0.1) is 0 Å². The number of carbonyl (C=O) groups excluding carboxylic acids is 1. The van der Waals surface area contributed by atoms with Crippen molar-refractivity contribution in [2.45, 2.75) is 33.1 Å². The summed E-state index contributed by atoms with van der Waals surface area (Å²) in [5.74, 6) is 0.110. The van der Waals surface area contributed by atoms with Crippen molar-refractivity contribution in [2.75, 3.05) is 0 Å². The van der Waals surface area contributed by atoms with Crippen LogP contribution >= 0.6 is 0 Å². The summed E-state index contributed by atoms with van der Waals surface area (Å²) in [5.41, 5.74) is 1.90. The Morgan fingerprint density at radius 2 is 2.31 bits per heavy atom. The van der Waals surface area contributed by atoms with Gasteiger partial charge in [0.25, 0.3) is 0 Å². The largest absolute Gasteiger partial charge is 0.294 e. The summed E-state index contributed by atoms with van der Waals surface area (Å²) in [4.78, 5) is 15.1. The molecule has 0 bridgehead atoms. The molecule has 0 radical (unpaired) electrons. The fourth-order valence-corrected chi connectivity index (χ4v) is 1.33. The first-order valence-electron chi connectivity index (χ1n) is 4.69. The van der Waals surface area contributed by atoms with Crippen LogP contribution in [0.2, 0.25) is 0 Å². The molecule has 0 aliphatic rings. The number of hydrogen-bond acceptors (Lipinski definition) is 2. The van der Waals surface area contributed by atoms with E-state index in [0.29, 0.717) is 0 Å². The number of unbranched alkanes of at least 4 members (excludes halogenated alkanes) is 1. The maximum Gasteiger partial charge on any atom is 0.161 e. The summed E-state index contributed by atoms with van der Waals surface area (Å²) < 4.78 is 0. The molecule has 0 aliphatic heterocycles. The molecule has 2 heteroatoms. The van der Waals surface area contributed by atoms with Gasteiger partial charge in [-0.05, 0) is 31.4 Å². The molecule has 2 nitrogen and oxygen atoms in total. The van der Waals surface area contributed by atoms with Crippen LogP contribution in [-0.2, 0) is 6.42 Å². The van der Waals surface area contributed by atoms with Crippen LogP contribution in [0.15, 0.2) is 18.5 Å². The predicted octanol–water partition coefficient (Wildman–Crippen LogP) is 2.63. The number of Topliss-reactive ketones (excluding diaryl/α,β-unsaturated/α-hetero) is 1. The van der Waals surface area contributed by atoms with Crippen LogP contribution in [0.3, 0.4) is 0 Å². The molecule has 0 unspecified atom stereocenters. The van der Waals surface area contributed by atoms with E-state index >= 15 is 0 Å². The Bertz CT molecular complexity index is 294. The van der Waals surface area contributed by atoms with E-state index in [-0.39, 0.29) is 5.78 Å². The van der Waals surface area contributed by atoms with Crippen molar-refractivity contribution in [1.82, 2.24) is 4.98 Å². The highest BCUT2D eigenvalue weighted by atomic mass is 16.1. The Morgan fingerprint density at radius 1 is 1.54 bits per heavy atom. The molecule has 0 N–H and O–H groups in total. The van der Waals surface area contributed by atoms with Gasteiger partial charge in [-0.25, -0.2) is 0 Å². The van der Waals surface area contributed by atoms with E-state index in [2.05, 4.69) is 11.9 Å². The second-order valence-electron chi connectivity index (χ2n) is 3.19. The lowest BCUT2D eigenvalue weighted by Crippen LogP contribution is -2.00. The zero-order valence-corrected chi connectivity index (χ0v) is 8.21. The molecule has 0 saturated carbocycles. The highest BCUT2D eigenvalue weighted by Gasteiger charge is 2.05. The quantitative estimate of drug-likeness (QED) is 0.662. The summed E-state index contributed by atoms with van der Waals surface area (Å²) in [6.07, 6.45) is 6.67. The van der Waals surface area contributed by atoms with Gasteiger partial charge in [-0.2, -0.15) is 0 Å². The van der Waals surface area contributed by atoms with E-state index in [1.165, 1.54) is 0 Å². The van der Waals surface area contributed by atoms with E-state index in [1.807, 2.05) is 6.07 Å². The lowest BCUT2D eigenvalue weighted by molar-refractivity contribution is 0.101. The third kappa shape index (κ3) is 2.65. The number of aromatic nitrogens is 1. The first kappa shape index (κ1) is 9.90. The van der Waals surface area contributed by atoms with E-state index < -0.39 is 0 Å². The van der Waals surface area contributed by atoms with Crippen LogP contribution in [-0.4, -0.2) is 10.8 Å². The van der Waals surface area contributed by atoms with Gasteiger partial charge in [0.05, 0.1) is 0 Å². The van der Waals surface area contributed by atoms with Crippen molar-refractivity contribution in [3.05, 3.63) is 29.6 Å². The van der Waals surface area contributed by atoms with E-state index in [1.54, 1.807) is 19.3 Å². The van der Waals surface area contributed by atoms with Crippen LogP contribution < -0.4 is 0 Å². The van der Waals surface area contributed by atoms with Gasteiger partial charge in [-0.1, -0.05) is 13.3 Å². The fraction of sp³-hybridized carbons (Fsp3) is 0.455. The highest BCUT2D eigenvalue weighted by molar-refractivity contribution is 5.95. The summed E-state index contributed by atoms with van der Waals surface area (Å²) in [7, 11) is 0. The van der Waals surface area contributed by atoms with Crippen molar-refractivity contribution in [3.8, 4) is 0 Å². The summed E-state index contributed by atoms with van der Waals surface area (Å²) in [5, 5.41) is 0. The number of aryl methyl sites for hydroxylation is 1. The lowest BCUT2D eigenvalue weighted by Gasteiger charge is -2.04. The number of carbonyl (C=O) groups is 1. The normalized spacial score (nSPS) is 10.0. The number of pyridine rings is 1. The molecule has 0 fully saturated rings. The van der Waals surface area contributed by atoms with E-state index in [0.717, 1.165) is 30.4 Å². The average Bonchev–Trinajstić information content (AvgIpc) is 2.15. The molecule has 0 aliphatic carbocycles. The Labute approximate surface area is 79.0 Å². The lowest BCUT2D eigenvalue weighted by atomic mass is 10.0. The van der Waals surface area contributed by atoms with Gasteiger partial charge in [0, 0.05) is 18.0 Å². The molecule has 1 aromatic rings. The standard InChI is InChI=1S/C11H15NO/c1-3-4-5-10-6-7-12-8-11(10)9(2)13/h6-8H,3-5H2,1-2H3. The molecule has 1 rings (SSSR count). The van der Waals surface area contributed by atoms with Gasteiger partial charge >= 0.3 is 0 Å². The Hall–Kier alpha value is -1.18. The molecular formula is C11H15NO. The third-order valence-corrected chi connectivity index (χ3v) is 2.09. The average molecular weight is 177 g/mol. The van der Waals surface area contributed by atoms with Crippen LogP contribution in [0.1, 0.15) is 42.6 Å². The fourth-order valence-electron chi connectivity index (χ4n) is 1.33. The molecule has 0 spiro atoms. The van der Waals surface area contributed by atoms with E-state index in [9.17, 15) is 4.79 Å². The predicted molar refractivity (Wildman–Crippen MR) is 52.9 cm³/mol. The Morgan fingerprint density at radius 3 is 2.92 bits per heavy atom. The first-order chi connectivity index (χ1) is 6.25. The summed E-state index contributed by atoms with van der Waals surface area (Å²) >= 11 is 0. The number of ketones is 1. The van der Waals surface area contributed by atoms with Crippen LogP contribution in [0.4, 0.5) is 0 Å². The van der Waals surface area contributed by atoms with Crippen LogP contribution in [0.25, 0.3) is 0 Å². The van der Waals surface area contributed by atoms with Crippen molar-refractivity contribution in [1.29, 1.82) is 0 Å². The SMILES string of the molecule is CCCCc1ccncc1C(C)=O. The van der Waals surface area contributed by atoms with E-state index in [4.69, 9.17) is 0 Å². The van der Waals surface area contributed by atoms with Gasteiger partial charge in [0.15, 0.2) is 5.78 Å². The minimum absolute atomic E-state index is 0.110. The topological polar surface area (TPSA) is 30.0 Å². The Balaban J connectivity index is 2.84. The Kier molecular flexibility index (Phi) is 3.62. The summed E-state index contributed by atoms with van der Waals surface area (Å²) in [6, 6.07) is 1.94. The molecule has 1 heterocycles. The number of nitrogens with zero attached hydrogens (tertiary/aromatic N) is 1. The monoisotopic (exact) mass is 177 g/mol. The maximum absolute atomic E-state index is 11.2. The van der Waals surface area contributed by atoms with Gasteiger partial charge in [0.1, 0.15) is 0 Å². The first-order valence-corrected chi connectivity index (χ1v) is 4.69. The zero-order valence-electron chi connectivity index (χ0n) is 8.21. The number of rotatable bonds is 4. The number of hydrogen-bond donors (Lipinski definition) is 0. The highest BCUT2D eigenvalue weighted by Crippen LogP contribution is 2.10. The molecule has 1 aromatic heterocycles. The van der Waals surface area contributed by atoms with Crippen molar-refractivity contribution >= 4 is 5.78 Å². The van der Waals surface area contributed by atoms with Crippen LogP contribution in [0.5, 0.6) is 0 Å². The maximum atomic E-state index is 11.2. The minimum atomic E-state index is 0.110. The smallest absolute Gasteiger partial charge is 0.161 e. The van der Waals surface area contributed by atoms with Gasteiger partial charge in [-0.15, -0.1) is 0 Å². The minimum Gasteiger partial charge on any atom is -0.294 e. The van der Waals surface area contributed by atoms with Gasteiger partial charge in [0.2, 0.25) is 0 Å².